The van der Waals surface area contributed by atoms with Gasteiger partial charge in [-0.2, -0.15) is 0 Å². The van der Waals surface area contributed by atoms with Crippen LogP contribution in [0.3, 0.4) is 0 Å². The van der Waals surface area contributed by atoms with Crippen LogP contribution in [0.2, 0.25) is 0 Å². The Bertz CT molecular complexity index is 672. The molecule has 2 aliphatic heterocycles. The highest BCUT2D eigenvalue weighted by molar-refractivity contribution is 7.13. The van der Waals surface area contributed by atoms with Gasteiger partial charge >= 0.3 is 0 Å². The molecule has 0 saturated carbocycles. The second kappa shape index (κ2) is 11.2. The number of hydrogen-bond donors (Lipinski definition) is 2. The molecule has 2 atom stereocenters. The lowest BCUT2D eigenvalue weighted by Gasteiger charge is -2.25. The Labute approximate surface area is 174 Å². The van der Waals surface area contributed by atoms with E-state index in [0.717, 1.165) is 32.3 Å². The maximum atomic E-state index is 12.7. The number of rotatable bonds is 10. The van der Waals surface area contributed by atoms with Gasteiger partial charge in [-0.3, -0.25) is 14.4 Å². The minimum absolute atomic E-state index is 0.0307. The Kier molecular flexibility index (Phi) is 8.38. The van der Waals surface area contributed by atoms with Gasteiger partial charge in [0.25, 0.3) is 0 Å². The van der Waals surface area contributed by atoms with E-state index in [2.05, 4.69) is 15.6 Å². The lowest BCUT2D eigenvalue weighted by Crippen LogP contribution is -2.45. The van der Waals surface area contributed by atoms with Gasteiger partial charge in [0.05, 0.1) is 18.8 Å². The molecule has 3 heterocycles. The van der Waals surface area contributed by atoms with E-state index >= 15 is 0 Å². The monoisotopic (exact) mass is 424 g/mol. The Morgan fingerprint density at radius 2 is 1.86 bits per heavy atom. The van der Waals surface area contributed by atoms with Gasteiger partial charge < -0.3 is 25.0 Å². The Morgan fingerprint density at radius 1 is 1.10 bits per heavy atom. The first kappa shape index (κ1) is 21.7. The number of nitrogens with zero attached hydrogens (tertiary/aromatic N) is 2. The molecule has 0 aliphatic carbocycles. The molecule has 160 valence electrons. The predicted molar refractivity (Wildman–Crippen MR) is 108 cm³/mol. The number of hydrogen-bond acceptors (Lipinski definition) is 7. The summed E-state index contributed by atoms with van der Waals surface area (Å²) in [7, 11) is 0. The van der Waals surface area contributed by atoms with Crippen LogP contribution in [-0.4, -0.2) is 72.7 Å². The zero-order chi connectivity index (χ0) is 20.5. The lowest BCUT2D eigenvalue weighted by molar-refractivity contribution is -0.138. The van der Waals surface area contributed by atoms with Crippen LogP contribution in [0.4, 0.5) is 5.13 Å². The molecule has 10 heteroatoms. The second-order valence-corrected chi connectivity index (χ2v) is 8.13. The van der Waals surface area contributed by atoms with E-state index in [9.17, 15) is 14.4 Å². The number of anilines is 1. The van der Waals surface area contributed by atoms with Crippen LogP contribution in [0.25, 0.3) is 0 Å². The van der Waals surface area contributed by atoms with Crippen molar-refractivity contribution in [3.05, 3.63) is 11.6 Å². The zero-order valence-corrected chi connectivity index (χ0v) is 17.2. The fraction of sp³-hybridized carbons (Fsp3) is 0.684. The first-order valence-electron chi connectivity index (χ1n) is 10.1. The fourth-order valence-electron chi connectivity index (χ4n) is 3.40. The van der Waals surface area contributed by atoms with Crippen molar-refractivity contribution < 1.29 is 23.9 Å². The molecule has 0 bridgehead atoms. The van der Waals surface area contributed by atoms with Gasteiger partial charge in [0.2, 0.25) is 17.7 Å². The highest BCUT2D eigenvalue weighted by Crippen LogP contribution is 2.15. The molecule has 1 aromatic heterocycles. The number of thiazole rings is 1. The summed E-state index contributed by atoms with van der Waals surface area (Å²) in [6.45, 7) is 2.18. The van der Waals surface area contributed by atoms with Gasteiger partial charge in [-0.1, -0.05) is 0 Å². The van der Waals surface area contributed by atoms with Gasteiger partial charge in [0.1, 0.15) is 0 Å². The summed E-state index contributed by atoms with van der Waals surface area (Å²) >= 11 is 1.32. The number of nitrogens with one attached hydrogen (secondary N) is 2. The summed E-state index contributed by atoms with van der Waals surface area (Å²) in [5.74, 6) is -0.727. The summed E-state index contributed by atoms with van der Waals surface area (Å²) < 4.78 is 11.1. The van der Waals surface area contributed by atoms with Crippen LogP contribution in [0.1, 0.15) is 38.5 Å². The number of carbonyl (C=O) groups is 3. The molecule has 3 amide bonds. The maximum Gasteiger partial charge on any atom is 0.239 e. The SMILES string of the molecule is O=C(CN(C[C@H]1CCCO1)C(=O)CCC(=O)Nc1nccs1)NC[C@@H]1CCCO1. The van der Waals surface area contributed by atoms with E-state index in [0.29, 0.717) is 24.8 Å². The van der Waals surface area contributed by atoms with Gasteiger partial charge in [-0.05, 0) is 25.7 Å². The summed E-state index contributed by atoms with van der Waals surface area (Å²) in [5.41, 5.74) is 0. The average Bonchev–Trinajstić information content (AvgIpc) is 3.47. The van der Waals surface area contributed by atoms with E-state index in [-0.39, 0.29) is 49.3 Å². The highest BCUT2D eigenvalue weighted by Gasteiger charge is 2.25. The van der Waals surface area contributed by atoms with Crippen molar-refractivity contribution in [3.63, 3.8) is 0 Å². The Morgan fingerprint density at radius 3 is 2.52 bits per heavy atom. The number of ether oxygens (including phenoxy) is 2. The first-order chi connectivity index (χ1) is 14.1. The third-order valence-electron chi connectivity index (χ3n) is 4.93. The summed E-state index contributed by atoms with van der Waals surface area (Å²) in [6.07, 6.45) is 5.43. The Hall–Kier alpha value is -2.04. The molecular formula is C19H28N4O5S. The van der Waals surface area contributed by atoms with Crippen LogP contribution in [0, 0.1) is 0 Å². The predicted octanol–water partition coefficient (Wildman–Crippen LogP) is 1.16. The third kappa shape index (κ3) is 7.37. The van der Waals surface area contributed by atoms with E-state index < -0.39 is 0 Å². The molecule has 2 fully saturated rings. The van der Waals surface area contributed by atoms with Gasteiger partial charge in [0, 0.05) is 50.7 Å². The van der Waals surface area contributed by atoms with Crippen molar-refractivity contribution in [2.24, 2.45) is 0 Å². The summed E-state index contributed by atoms with van der Waals surface area (Å²) in [4.78, 5) is 42.6. The second-order valence-electron chi connectivity index (χ2n) is 7.23. The minimum Gasteiger partial charge on any atom is -0.376 e. The molecule has 2 saturated heterocycles. The van der Waals surface area contributed by atoms with Crippen molar-refractivity contribution in [2.75, 3.05) is 38.2 Å². The van der Waals surface area contributed by atoms with E-state index in [1.807, 2.05) is 0 Å². The lowest BCUT2D eigenvalue weighted by atomic mass is 10.2. The fourth-order valence-corrected chi connectivity index (χ4v) is 3.94. The average molecular weight is 425 g/mol. The highest BCUT2D eigenvalue weighted by atomic mass is 32.1. The molecule has 1 aromatic rings. The summed E-state index contributed by atoms with van der Waals surface area (Å²) in [6, 6.07) is 0. The Balaban J connectivity index is 1.47. The van der Waals surface area contributed by atoms with Gasteiger partial charge in [-0.15, -0.1) is 11.3 Å². The largest absolute Gasteiger partial charge is 0.376 e. The third-order valence-corrected chi connectivity index (χ3v) is 5.62. The van der Waals surface area contributed by atoms with Crippen LogP contribution < -0.4 is 10.6 Å². The molecular weight excluding hydrogens is 396 g/mol. The number of aromatic nitrogens is 1. The van der Waals surface area contributed by atoms with Crippen LogP contribution in [0.5, 0.6) is 0 Å². The smallest absolute Gasteiger partial charge is 0.239 e. The first-order valence-corrected chi connectivity index (χ1v) is 10.9. The molecule has 29 heavy (non-hydrogen) atoms. The van der Waals surface area contributed by atoms with Crippen LogP contribution in [-0.2, 0) is 23.9 Å². The van der Waals surface area contributed by atoms with Crippen LogP contribution in [0.15, 0.2) is 11.6 Å². The van der Waals surface area contributed by atoms with Crippen molar-refractivity contribution in [1.82, 2.24) is 15.2 Å². The van der Waals surface area contributed by atoms with Crippen molar-refractivity contribution >= 4 is 34.2 Å². The van der Waals surface area contributed by atoms with E-state index in [1.165, 1.54) is 16.2 Å². The molecule has 0 spiro atoms. The molecule has 2 aliphatic rings. The minimum atomic E-state index is -0.270. The van der Waals surface area contributed by atoms with Crippen LogP contribution >= 0.6 is 11.3 Å². The molecule has 0 unspecified atom stereocenters. The summed E-state index contributed by atoms with van der Waals surface area (Å²) in [5, 5.41) is 7.78. The number of amides is 3. The molecule has 2 N–H and O–H groups in total. The van der Waals surface area contributed by atoms with Crippen molar-refractivity contribution in [3.8, 4) is 0 Å². The van der Waals surface area contributed by atoms with Gasteiger partial charge in [0.15, 0.2) is 5.13 Å². The maximum absolute atomic E-state index is 12.7. The van der Waals surface area contributed by atoms with Crippen molar-refractivity contribution in [1.29, 1.82) is 0 Å². The zero-order valence-electron chi connectivity index (χ0n) is 16.4. The van der Waals surface area contributed by atoms with Crippen molar-refractivity contribution in [2.45, 2.75) is 50.7 Å². The van der Waals surface area contributed by atoms with Gasteiger partial charge in [-0.25, -0.2) is 4.98 Å². The number of carbonyl (C=O) groups excluding carboxylic acids is 3. The quantitative estimate of drug-likeness (QED) is 0.583. The van der Waals surface area contributed by atoms with E-state index in [4.69, 9.17) is 9.47 Å². The molecule has 0 aromatic carbocycles. The molecule has 9 nitrogen and oxygen atoms in total. The van der Waals surface area contributed by atoms with E-state index in [1.54, 1.807) is 11.6 Å². The normalized spacial score (nSPS) is 21.1. The standard InChI is InChI=1S/C19H28N4O5S/c24-16(22-19-20-7-10-29-19)5-6-18(26)23(12-15-4-2-9-28-15)13-17(25)21-11-14-3-1-8-27-14/h7,10,14-15H,1-6,8-9,11-13H2,(H,21,25)(H,20,22,24)/t14-,15+/m0/s1. The molecule has 0 radical (unpaired) electrons. The topological polar surface area (TPSA) is 110 Å². The molecule has 3 rings (SSSR count).